The minimum atomic E-state index is -0.933. The number of carbonyl (C=O) groups excluding carboxylic acids is 2. The number of alkyl carbamates (subject to hydrolysis) is 1. The van der Waals surface area contributed by atoms with E-state index in [0.717, 1.165) is 40.3 Å². The van der Waals surface area contributed by atoms with Gasteiger partial charge in [0.2, 0.25) is 0 Å². The first-order valence-electron chi connectivity index (χ1n) is 14.5. The van der Waals surface area contributed by atoms with Crippen molar-refractivity contribution in [3.8, 4) is 5.69 Å². The summed E-state index contributed by atoms with van der Waals surface area (Å²) in [7, 11) is 1.94. The molecule has 1 atom stereocenters. The Morgan fingerprint density at radius 1 is 1.05 bits per heavy atom. The maximum absolute atomic E-state index is 14.5. The van der Waals surface area contributed by atoms with Crippen LogP contribution in [0.1, 0.15) is 63.1 Å². The van der Waals surface area contributed by atoms with Gasteiger partial charge in [0.25, 0.3) is 11.5 Å². The maximum atomic E-state index is 14.5. The zero-order valence-corrected chi connectivity index (χ0v) is 25.6. The summed E-state index contributed by atoms with van der Waals surface area (Å²) < 4.78 is 37.2. The number of hydrogen-bond donors (Lipinski definition) is 2. The molecule has 0 saturated carbocycles. The molecule has 2 aromatic carbocycles. The van der Waals surface area contributed by atoms with E-state index in [9.17, 15) is 23.2 Å². The van der Waals surface area contributed by atoms with Crippen molar-refractivity contribution < 1.29 is 23.1 Å². The van der Waals surface area contributed by atoms with E-state index in [2.05, 4.69) is 15.5 Å². The molecule has 232 valence electrons. The number of halogens is 2. The number of aromatic nitrogens is 3. The van der Waals surface area contributed by atoms with Gasteiger partial charge in [-0.2, -0.15) is 0 Å². The number of fused-ring (bicyclic) bond motifs is 1. The summed E-state index contributed by atoms with van der Waals surface area (Å²) >= 11 is 0. The fraction of sp³-hybridized carbons (Fsp3) is 0.375. The van der Waals surface area contributed by atoms with Gasteiger partial charge in [-0.3, -0.25) is 14.2 Å². The maximum Gasteiger partial charge on any atom is 0.407 e. The van der Waals surface area contributed by atoms with Crippen LogP contribution in [0.25, 0.3) is 16.7 Å². The Labute approximate surface area is 253 Å². The molecule has 0 unspecified atom stereocenters. The van der Waals surface area contributed by atoms with Gasteiger partial charge in [-0.15, -0.1) is 0 Å². The normalized spacial score (nSPS) is 15.2. The number of nitrogens with zero attached hydrogens (tertiary/aromatic N) is 4. The lowest BCUT2D eigenvalue weighted by Gasteiger charge is -2.24. The Balaban J connectivity index is 1.50. The van der Waals surface area contributed by atoms with Crippen molar-refractivity contribution in [1.29, 1.82) is 0 Å². The summed E-state index contributed by atoms with van der Waals surface area (Å²) in [6.45, 7) is 10.5. The molecule has 4 aromatic rings. The highest BCUT2D eigenvalue weighted by atomic mass is 19.1. The van der Waals surface area contributed by atoms with E-state index in [-0.39, 0.29) is 17.5 Å². The van der Waals surface area contributed by atoms with Crippen LogP contribution in [0.2, 0.25) is 0 Å². The molecule has 44 heavy (non-hydrogen) atoms. The lowest BCUT2D eigenvalue weighted by atomic mass is 10.2. The van der Waals surface area contributed by atoms with Gasteiger partial charge >= 0.3 is 6.09 Å². The average Bonchev–Trinajstić information content (AvgIpc) is 3.52. The van der Waals surface area contributed by atoms with E-state index in [1.54, 1.807) is 26.8 Å². The van der Waals surface area contributed by atoms with Crippen molar-refractivity contribution in [2.24, 2.45) is 7.05 Å². The van der Waals surface area contributed by atoms with Crippen molar-refractivity contribution in [2.75, 3.05) is 23.3 Å². The molecule has 0 bridgehead atoms. The number of nitrogens with one attached hydrogen (secondary N) is 2. The van der Waals surface area contributed by atoms with Crippen molar-refractivity contribution in [1.82, 2.24) is 19.4 Å². The smallest absolute Gasteiger partial charge is 0.407 e. The van der Waals surface area contributed by atoms with Crippen LogP contribution in [0, 0.1) is 11.6 Å². The van der Waals surface area contributed by atoms with Gasteiger partial charge in [-0.1, -0.05) is 19.9 Å². The largest absolute Gasteiger partial charge is 0.444 e. The monoisotopic (exact) mass is 606 g/mol. The molecule has 2 amide bonds. The molecule has 2 N–H and O–H groups in total. The number of amides is 2. The minimum absolute atomic E-state index is 0.0214. The van der Waals surface area contributed by atoms with Crippen molar-refractivity contribution in [2.45, 2.75) is 58.6 Å². The third-order valence-electron chi connectivity index (χ3n) is 7.40. The number of ether oxygens (including phenoxy) is 1. The van der Waals surface area contributed by atoms with Gasteiger partial charge in [-0.05, 0) is 57.5 Å². The van der Waals surface area contributed by atoms with Gasteiger partial charge in [0, 0.05) is 38.3 Å². The second kappa shape index (κ2) is 11.7. The first-order chi connectivity index (χ1) is 20.7. The van der Waals surface area contributed by atoms with Gasteiger partial charge in [-0.25, -0.2) is 18.6 Å². The number of anilines is 2. The summed E-state index contributed by atoms with van der Waals surface area (Å²) in [5.41, 5.74) is 0.830. The Kier molecular flexibility index (Phi) is 8.19. The molecule has 2 aromatic heterocycles. The number of imidazole rings is 1. The number of rotatable bonds is 6. The molecular formula is C32H36F2N6O4. The number of aryl methyl sites for hydroxylation is 1. The fourth-order valence-corrected chi connectivity index (χ4v) is 5.47. The predicted molar refractivity (Wildman–Crippen MR) is 165 cm³/mol. The van der Waals surface area contributed by atoms with Gasteiger partial charge in [0.15, 0.2) is 0 Å². The van der Waals surface area contributed by atoms with E-state index in [1.165, 1.54) is 12.1 Å². The zero-order chi connectivity index (χ0) is 31.9. The second-order valence-electron chi connectivity index (χ2n) is 12.2. The van der Waals surface area contributed by atoms with Crippen LogP contribution >= 0.6 is 0 Å². The molecule has 5 rings (SSSR count). The molecule has 3 heterocycles. The Hall–Kier alpha value is -4.74. The molecule has 1 saturated heterocycles. The van der Waals surface area contributed by atoms with Crippen molar-refractivity contribution in [3.05, 3.63) is 82.0 Å². The molecule has 0 aliphatic carbocycles. The lowest BCUT2D eigenvalue weighted by molar-refractivity contribution is 0.0509. The number of carbonyl (C=O) groups is 2. The summed E-state index contributed by atoms with van der Waals surface area (Å²) in [5.74, 6) is -1.45. The first kappa shape index (κ1) is 30.7. The van der Waals surface area contributed by atoms with Gasteiger partial charge in [0.1, 0.15) is 34.3 Å². The molecule has 0 spiro atoms. The SMILES string of the molecule is CC(C)c1nc2c(N3CC[C@@H](NC(=O)OC(C)(C)C)C3)c(NC(=O)c3ccc(=O)n(-c4c(F)cccc4F)c3)ccc2n1C. The van der Waals surface area contributed by atoms with Crippen LogP contribution < -0.4 is 21.1 Å². The Bertz CT molecular complexity index is 1790. The average molecular weight is 607 g/mol. The fourth-order valence-electron chi connectivity index (χ4n) is 5.47. The van der Waals surface area contributed by atoms with E-state index in [1.807, 2.05) is 31.5 Å². The number of benzene rings is 2. The van der Waals surface area contributed by atoms with Crippen molar-refractivity contribution >= 4 is 34.4 Å². The van der Waals surface area contributed by atoms with E-state index >= 15 is 0 Å². The Morgan fingerprint density at radius 2 is 1.75 bits per heavy atom. The molecule has 0 radical (unpaired) electrons. The third-order valence-corrected chi connectivity index (χ3v) is 7.40. The molecular weight excluding hydrogens is 570 g/mol. The summed E-state index contributed by atoms with van der Waals surface area (Å²) in [6.07, 6.45) is 1.26. The van der Waals surface area contributed by atoms with Crippen LogP contribution in [-0.2, 0) is 11.8 Å². The summed E-state index contributed by atoms with van der Waals surface area (Å²) in [5, 5.41) is 5.85. The first-order valence-corrected chi connectivity index (χ1v) is 14.5. The quantitative estimate of drug-likeness (QED) is 0.301. The zero-order valence-electron chi connectivity index (χ0n) is 25.6. The highest BCUT2D eigenvalue weighted by molar-refractivity contribution is 6.09. The number of pyridine rings is 1. The topological polar surface area (TPSA) is 110 Å². The second-order valence-corrected chi connectivity index (χ2v) is 12.2. The van der Waals surface area contributed by atoms with Crippen LogP contribution in [0.15, 0.2) is 53.5 Å². The van der Waals surface area contributed by atoms with Crippen LogP contribution in [0.4, 0.5) is 25.0 Å². The number of para-hydroxylation sites is 1. The molecule has 1 aliphatic rings. The highest BCUT2D eigenvalue weighted by Crippen LogP contribution is 2.38. The van der Waals surface area contributed by atoms with Gasteiger partial charge < -0.3 is 24.8 Å². The predicted octanol–water partition coefficient (Wildman–Crippen LogP) is 5.48. The van der Waals surface area contributed by atoms with Crippen molar-refractivity contribution in [3.63, 3.8) is 0 Å². The summed E-state index contributed by atoms with van der Waals surface area (Å²) in [6, 6.07) is 9.12. The molecule has 12 heteroatoms. The molecule has 10 nitrogen and oxygen atoms in total. The highest BCUT2D eigenvalue weighted by Gasteiger charge is 2.30. The van der Waals surface area contributed by atoms with E-state index in [0.29, 0.717) is 36.4 Å². The summed E-state index contributed by atoms with van der Waals surface area (Å²) in [4.78, 5) is 45.6. The Morgan fingerprint density at radius 3 is 2.41 bits per heavy atom. The van der Waals surface area contributed by atoms with Crippen LogP contribution in [0.5, 0.6) is 0 Å². The van der Waals surface area contributed by atoms with E-state index in [4.69, 9.17) is 9.72 Å². The van der Waals surface area contributed by atoms with E-state index < -0.39 is 40.5 Å². The lowest BCUT2D eigenvalue weighted by Crippen LogP contribution is -2.40. The van der Waals surface area contributed by atoms with Gasteiger partial charge in [0.05, 0.1) is 28.5 Å². The molecule has 1 aliphatic heterocycles. The number of hydrogen-bond acceptors (Lipinski definition) is 6. The molecule has 1 fully saturated rings. The van der Waals surface area contributed by atoms with Crippen LogP contribution in [0.3, 0.4) is 0 Å². The third kappa shape index (κ3) is 6.15. The van der Waals surface area contributed by atoms with Crippen LogP contribution in [-0.4, -0.2) is 50.9 Å². The standard InChI is InChI=1S/C32H36F2N6O4/c1-18(2)29-37-26-24(38(29)6)12-11-23(28(26)39-15-14-20(17-39)35-31(43)44-32(3,4)5)36-30(42)19-10-13-25(41)40(16-19)27-21(33)8-7-9-22(27)34/h7-13,16,18,20H,14-15,17H2,1-6H3,(H,35,43)(H,36,42)/t20-/m1/s1. The minimum Gasteiger partial charge on any atom is -0.444 e.